The van der Waals surface area contributed by atoms with Crippen LogP contribution in [-0.4, -0.2) is 17.6 Å². The number of carbonyl (C=O) groups is 1. The normalized spacial score (nSPS) is 10.8. The van der Waals surface area contributed by atoms with Crippen LogP contribution < -0.4 is 0 Å². The highest BCUT2D eigenvalue weighted by Gasteiger charge is 2.14. The Morgan fingerprint density at radius 2 is 1.68 bits per heavy atom. The van der Waals surface area contributed by atoms with Gasteiger partial charge in [-0.3, -0.25) is 4.98 Å². The van der Waals surface area contributed by atoms with Crippen molar-refractivity contribution in [2.75, 3.05) is 6.61 Å². The average Bonchev–Trinajstić information content (AvgIpc) is 2.80. The van der Waals surface area contributed by atoms with Crippen LogP contribution in [-0.2, 0) is 17.6 Å². The monoisotopic (exact) mass is 419 g/mol. The minimum atomic E-state index is -0.654. The van der Waals surface area contributed by atoms with Gasteiger partial charge >= 0.3 is 5.97 Å². The fourth-order valence-electron chi connectivity index (χ4n) is 3.53. The molecule has 0 N–H and O–H groups in total. The summed E-state index contributed by atoms with van der Waals surface area (Å²) in [6.45, 7) is 2.39. The number of carbonyl (C=O) groups excluding carboxylic acids is 1. The summed E-state index contributed by atoms with van der Waals surface area (Å²) in [7, 11) is 0. The molecule has 1 aromatic heterocycles. The first kappa shape index (κ1) is 22.7. The van der Waals surface area contributed by atoms with Gasteiger partial charge in [0.05, 0.1) is 12.2 Å². The molecule has 0 unspecified atom stereocenters. The lowest BCUT2D eigenvalue weighted by Gasteiger charge is -2.08. The van der Waals surface area contributed by atoms with E-state index in [2.05, 4.69) is 24.0 Å². The van der Waals surface area contributed by atoms with Gasteiger partial charge in [-0.25, -0.2) is 9.18 Å². The second-order valence-electron chi connectivity index (χ2n) is 7.76. The van der Waals surface area contributed by atoms with Gasteiger partial charge in [-0.1, -0.05) is 69.0 Å². The van der Waals surface area contributed by atoms with Gasteiger partial charge in [-0.15, -0.1) is 0 Å². The zero-order chi connectivity index (χ0) is 21.9. The Morgan fingerprint density at radius 1 is 0.903 bits per heavy atom. The summed E-state index contributed by atoms with van der Waals surface area (Å²) in [5.41, 5.74) is 3.76. The van der Waals surface area contributed by atoms with Gasteiger partial charge < -0.3 is 4.74 Å². The number of pyridine rings is 1. The molecule has 0 radical (unpaired) electrons. The second-order valence-corrected chi connectivity index (χ2v) is 7.76. The Bertz CT molecular complexity index is 955. The van der Waals surface area contributed by atoms with Crippen LogP contribution in [0.5, 0.6) is 0 Å². The van der Waals surface area contributed by atoms with Gasteiger partial charge in [0.2, 0.25) is 0 Å². The molecular formula is C27H30FNO2. The molecule has 3 rings (SSSR count). The number of halogens is 1. The summed E-state index contributed by atoms with van der Waals surface area (Å²) in [4.78, 5) is 16.4. The van der Waals surface area contributed by atoms with Crippen LogP contribution in [0.4, 0.5) is 4.39 Å². The highest BCUT2D eigenvalue weighted by atomic mass is 19.1. The van der Waals surface area contributed by atoms with E-state index < -0.39 is 11.8 Å². The molecule has 0 atom stereocenters. The smallest absolute Gasteiger partial charge is 0.341 e. The van der Waals surface area contributed by atoms with E-state index in [1.54, 1.807) is 12.3 Å². The van der Waals surface area contributed by atoms with Crippen molar-refractivity contribution in [3.8, 4) is 11.1 Å². The lowest BCUT2D eigenvalue weighted by Crippen LogP contribution is -2.10. The molecule has 2 aromatic carbocycles. The number of aryl methyl sites for hydroxylation is 1. The highest BCUT2D eigenvalue weighted by molar-refractivity contribution is 5.90. The Hall–Kier alpha value is -3.01. The number of hydrogen-bond donors (Lipinski definition) is 0. The van der Waals surface area contributed by atoms with Gasteiger partial charge in [-0.05, 0) is 53.8 Å². The van der Waals surface area contributed by atoms with Crippen LogP contribution >= 0.6 is 0 Å². The first-order chi connectivity index (χ1) is 15.2. The van der Waals surface area contributed by atoms with Crippen LogP contribution in [0.15, 0.2) is 66.9 Å². The zero-order valence-electron chi connectivity index (χ0n) is 18.1. The molecule has 1 heterocycles. The van der Waals surface area contributed by atoms with E-state index >= 15 is 0 Å². The van der Waals surface area contributed by atoms with Gasteiger partial charge in [0.15, 0.2) is 0 Å². The molecule has 4 heteroatoms. The summed E-state index contributed by atoms with van der Waals surface area (Å²) >= 11 is 0. The van der Waals surface area contributed by atoms with E-state index in [1.807, 2.05) is 30.3 Å². The average molecular weight is 420 g/mol. The molecule has 31 heavy (non-hydrogen) atoms. The van der Waals surface area contributed by atoms with Gasteiger partial charge in [0.25, 0.3) is 0 Å². The number of hydrogen-bond acceptors (Lipinski definition) is 3. The molecule has 0 spiro atoms. The zero-order valence-corrected chi connectivity index (χ0v) is 18.1. The topological polar surface area (TPSA) is 39.2 Å². The number of aromatic nitrogens is 1. The van der Waals surface area contributed by atoms with Crippen molar-refractivity contribution in [2.45, 2.75) is 51.9 Å². The maximum atomic E-state index is 14.6. The molecule has 0 bridgehead atoms. The Balaban J connectivity index is 1.54. The van der Waals surface area contributed by atoms with Crippen molar-refractivity contribution < 1.29 is 13.9 Å². The molecule has 0 saturated heterocycles. The van der Waals surface area contributed by atoms with Gasteiger partial charge in [0, 0.05) is 18.3 Å². The molecule has 3 nitrogen and oxygen atoms in total. The third-order valence-corrected chi connectivity index (χ3v) is 5.36. The van der Waals surface area contributed by atoms with Crippen molar-refractivity contribution in [3.05, 3.63) is 89.5 Å². The van der Waals surface area contributed by atoms with E-state index in [-0.39, 0.29) is 12.2 Å². The summed E-state index contributed by atoms with van der Waals surface area (Å²) in [5, 5.41) is 0. The van der Waals surface area contributed by atoms with Crippen molar-refractivity contribution in [1.82, 2.24) is 4.98 Å². The highest BCUT2D eigenvalue weighted by Crippen LogP contribution is 2.23. The Morgan fingerprint density at radius 3 is 2.39 bits per heavy atom. The molecule has 162 valence electrons. The fraction of sp³-hybridized carbons (Fsp3) is 0.333. The van der Waals surface area contributed by atoms with Crippen molar-refractivity contribution in [1.29, 1.82) is 0 Å². The van der Waals surface area contributed by atoms with Gasteiger partial charge in [0.1, 0.15) is 5.82 Å². The Labute approximate surface area is 184 Å². The maximum absolute atomic E-state index is 14.6. The molecule has 3 aromatic rings. The molecule has 0 aliphatic carbocycles. The van der Waals surface area contributed by atoms with Crippen molar-refractivity contribution >= 4 is 5.97 Å². The molecular weight excluding hydrogens is 389 g/mol. The van der Waals surface area contributed by atoms with Crippen molar-refractivity contribution in [2.24, 2.45) is 0 Å². The quantitative estimate of drug-likeness (QED) is 0.253. The van der Waals surface area contributed by atoms with Gasteiger partial charge in [-0.2, -0.15) is 0 Å². The van der Waals surface area contributed by atoms with E-state index in [0.29, 0.717) is 6.42 Å². The van der Waals surface area contributed by atoms with E-state index in [0.717, 1.165) is 23.2 Å². The van der Waals surface area contributed by atoms with Crippen LogP contribution in [0.3, 0.4) is 0 Å². The summed E-state index contributed by atoms with van der Waals surface area (Å²) < 4.78 is 19.8. The molecule has 0 aliphatic heterocycles. The number of ether oxygens (including phenoxy) is 1. The summed E-state index contributed by atoms with van der Waals surface area (Å²) in [6.07, 6.45) is 9.58. The van der Waals surface area contributed by atoms with E-state index in [9.17, 15) is 9.18 Å². The maximum Gasteiger partial charge on any atom is 0.341 e. The predicted octanol–water partition coefficient (Wildman–Crippen LogP) is 6.80. The third kappa shape index (κ3) is 7.02. The van der Waals surface area contributed by atoms with E-state index in [1.165, 1.54) is 49.8 Å². The first-order valence-electron chi connectivity index (χ1n) is 11.1. The second kappa shape index (κ2) is 12.0. The summed E-state index contributed by atoms with van der Waals surface area (Å²) in [5.74, 6) is -1.22. The minimum absolute atomic E-state index is 0.0477. The summed E-state index contributed by atoms with van der Waals surface area (Å²) in [6, 6.07) is 18.5. The predicted molar refractivity (Wildman–Crippen MR) is 123 cm³/mol. The van der Waals surface area contributed by atoms with Crippen LogP contribution in [0.25, 0.3) is 11.1 Å². The molecule has 0 fully saturated rings. The van der Waals surface area contributed by atoms with Crippen LogP contribution in [0.2, 0.25) is 0 Å². The standard InChI is InChI=1S/C27H30FNO2/c1-2-3-4-5-6-9-21-11-13-22(14-12-21)23-15-16-25(26(28)20-23)27(30)31-19-17-24-10-7-8-18-29-24/h7-8,10-16,18,20H,2-6,9,17,19H2,1H3. The molecule has 0 amide bonds. The molecule has 0 aliphatic rings. The number of unbranched alkanes of at least 4 members (excludes halogenated alkanes) is 4. The lowest BCUT2D eigenvalue weighted by molar-refractivity contribution is 0.0503. The lowest BCUT2D eigenvalue weighted by atomic mass is 10.00. The third-order valence-electron chi connectivity index (χ3n) is 5.36. The number of rotatable bonds is 11. The number of nitrogens with zero attached hydrogens (tertiary/aromatic N) is 1. The van der Waals surface area contributed by atoms with Crippen LogP contribution in [0.1, 0.15) is 60.6 Å². The van der Waals surface area contributed by atoms with E-state index in [4.69, 9.17) is 4.74 Å². The van der Waals surface area contributed by atoms with Crippen LogP contribution in [0, 0.1) is 5.82 Å². The Kier molecular flexibility index (Phi) is 8.77. The minimum Gasteiger partial charge on any atom is -0.462 e. The molecule has 0 saturated carbocycles. The van der Waals surface area contributed by atoms with Crippen molar-refractivity contribution in [3.63, 3.8) is 0 Å². The number of benzene rings is 2. The fourth-order valence-corrected chi connectivity index (χ4v) is 3.53. The SMILES string of the molecule is CCCCCCCc1ccc(-c2ccc(C(=O)OCCc3ccccn3)c(F)c2)cc1. The first-order valence-corrected chi connectivity index (χ1v) is 11.1. The number of esters is 1. The largest absolute Gasteiger partial charge is 0.462 e.